The zero-order valence-electron chi connectivity index (χ0n) is 12.6. The standard InChI is InChI=1S/C17H18BrNO3/c1-3-21-14-8-6-13(7-9-14)19-17(20)15-11-12(18)5-10-16(15)22-4-2/h5-11H,3-4H2,1-2H3,(H,19,20). The molecule has 4 nitrogen and oxygen atoms in total. The highest BCUT2D eigenvalue weighted by Crippen LogP contribution is 2.25. The van der Waals surface area contributed by atoms with E-state index in [0.717, 1.165) is 10.2 Å². The Morgan fingerprint density at radius 2 is 1.73 bits per heavy atom. The van der Waals surface area contributed by atoms with Gasteiger partial charge < -0.3 is 14.8 Å². The number of anilines is 1. The Morgan fingerprint density at radius 1 is 1.05 bits per heavy atom. The summed E-state index contributed by atoms with van der Waals surface area (Å²) in [6.07, 6.45) is 0. The molecule has 1 amide bonds. The van der Waals surface area contributed by atoms with E-state index in [4.69, 9.17) is 9.47 Å². The average Bonchev–Trinajstić information content (AvgIpc) is 2.51. The summed E-state index contributed by atoms with van der Waals surface area (Å²) in [5.41, 5.74) is 1.20. The first-order valence-electron chi connectivity index (χ1n) is 7.10. The summed E-state index contributed by atoms with van der Waals surface area (Å²) in [4.78, 5) is 12.4. The molecule has 0 saturated carbocycles. The molecule has 2 aromatic carbocycles. The quantitative estimate of drug-likeness (QED) is 0.821. The van der Waals surface area contributed by atoms with Gasteiger partial charge in [0.15, 0.2) is 0 Å². The van der Waals surface area contributed by atoms with Gasteiger partial charge in [-0.3, -0.25) is 4.79 Å². The van der Waals surface area contributed by atoms with Gasteiger partial charge in [0.2, 0.25) is 0 Å². The lowest BCUT2D eigenvalue weighted by Crippen LogP contribution is -2.13. The van der Waals surface area contributed by atoms with Crippen LogP contribution in [0, 0.1) is 0 Å². The van der Waals surface area contributed by atoms with E-state index < -0.39 is 0 Å². The molecule has 0 aliphatic carbocycles. The molecule has 0 aliphatic rings. The normalized spacial score (nSPS) is 10.1. The van der Waals surface area contributed by atoms with E-state index in [0.29, 0.717) is 30.2 Å². The SMILES string of the molecule is CCOc1ccc(NC(=O)c2cc(Br)ccc2OCC)cc1. The molecule has 22 heavy (non-hydrogen) atoms. The van der Waals surface area contributed by atoms with Gasteiger partial charge in [-0.1, -0.05) is 15.9 Å². The number of ether oxygens (including phenoxy) is 2. The average molecular weight is 364 g/mol. The second-order valence-electron chi connectivity index (χ2n) is 4.49. The molecule has 0 fully saturated rings. The van der Waals surface area contributed by atoms with Gasteiger partial charge in [0.05, 0.1) is 18.8 Å². The Bertz CT molecular complexity index is 641. The van der Waals surface area contributed by atoms with Crippen LogP contribution in [-0.4, -0.2) is 19.1 Å². The molecule has 2 aromatic rings. The smallest absolute Gasteiger partial charge is 0.259 e. The Balaban J connectivity index is 2.16. The number of carbonyl (C=O) groups is 1. The van der Waals surface area contributed by atoms with Gasteiger partial charge >= 0.3 is 0 Å². The number of halogens is 1. The minimum atomic E-state index is -0.214. The zero-order chi connectivity index (χ0) is 15.9. The van der Waals surface area contributed by atoms with Crippen LogP contribution in [0.25, 0.3) is 0 Å². The number of hydrogen-bond acceptors (Lipinski definition) is 3. The Kier molecular flexibility index (Phi) is 5.83. The highest BCUT2D eigenvalue weighted by atomic mass is 79.9. The van der Waals surface area contributed by atoms with E-state index in [2.05, 4.69) is 21.2 Å². The van der Waals surface area contributed by atoms with Crippen molar-refractivity contribution < 1.29 is 14.3 Å². The van der Waals surface area contributed by atoms with Crippen LogP contribution in [0.2, 0.25) is 0 Å². The van der Waals surface area contributed by atoms with Gasteiger partial charge in [0.25, 0.3) is 5.91 Å². The van der Waals surface area contributed by atoms with E-state index in [1.807, 2.05) is 32.0 Å². The molecule has 2 rings (SSSR count). The summed E-state index contributed by atoms with van der Waals surface area (Å²) in [5, 5.41) is 2.86. The maximum absolute atomic E-state index is 12.4. The molecule has 5 heteroatoms. The zero-order valence-corrected chi connectivity index (χ0v) is 14.1. The van der Waals surface area contributed by atoms with Crippen molar-refractivity contribution in [1.29, 1.82) is 0 Å². The Labute approximate surface area is 138 Å². The first-order chi connectivity index (χ1) is 10.6. The molecule has 0 aliphatic heterocycles. The maximum Gasteiger partial charge on any atom is 0.259 e. The van der Waals surface area contributed by atoms with Gasteiger partial charge in [0.1, 0.15) is 11.5 Å². The Hall–Kier alpha value is -2.01. The summed E-state index contributed by atoms with van der Waals surface area (Å²) in [5.74, 6) is 1.13. The van der Waals surface area contributed by atoms with Crippen LogP contribution < -0.4 is 14.8 Å². The van der Waals surface area contributed by atoms with Crippen molar-refractivity contribution >= 4 is 27.5 Å². The number of rotatable bonds is 6. The van der Waals surface area contributed by atoms with Crippen LogP contribution in [0.15, 0.2) is 46.9 Å². The molecular weight excluding hydrogens is 346 g/mol. The highest BCUT2D eigenvalue weighted by Gasteiger charge is 2.13. The summed E-state index contributed by atoms with van der Waals surface area (Å²) >= 11 is 3.38. The molecular formula is C17H18BrNO3. The fourth-order valence-electron chi connectivity index (χ4n) is 1.96. The van der Waals surface area contributed by atoms with Crippen LogP contribution in [-0.2, 0) is 0 Å². The molecule has 0 saturated heterocycles. The number of amides is 1. The topological polar surface area (TPSA) is 47.6 Å². The molecule has 0 heterocycles. The van der Waals surface area contributed by atoms with Gasteiger partial charge in [-0.15, -0.1) is 0 Å². The summed E-state index contributed by atoms with van der Waals surface area (Å²) in [6, 6.07) is 12.6. The highest BCUT2D eigenvalue weighted by molar-refractivity contribution is 9.10. The van der Waals surface area contributed by atoms with Crippen molar-refractivity contribution in [2.24, 2.45) is 0 Å². The van der Waals surface area contributed by atoms with E-state index in [1.54, 1.807) is 24.3 Å². The van der Waals surface area contributed by atoms with Crippen molar-refractivity contribution in [3.63, 3.8) is 0 Å². The number of carbonyl (C=O) groups excluding carboxylic acids is 1. The van der Waals surface area contributed by atoms with Crippen LogP contribution in [0.3, 0.4) is 0 Å². The minimum Gasteiger partial charge on any atom is -0.494 e. The third kappa shape index (κ3) is 4.24. The van der Waals surface area contributed by atoms with Gasteiger partial charge in [-0.2, -0.15) is 0 Å². The number of benzene rings is 2. The second-order valence-corrected chi connectivity index (χ2v) is 5.40. The third-order valence-corrected chi connectivity index (χ3v) is 3.40. The van der Waals surface area contributed by atoms with E-state index in [1.165, 1.54) is 0 Å². The van der Waals surface area contributed by atoms with E-state index >= 15 is 0 Å². The molecule has 1 N–H and O–H groups in total. The van der Waals surface area contributed by atoms with Crippen molar-refractivity contribution in [3.8, 4) is 11.5 Å². The summed E-state index contributed by atoms with van der Waals surface area (Å²) in [6.45, 7) is 4.93. The third-order valence-electron chi connectivity index (χ3n) is 2.91. The molecule has 0 bridgehead atoms. The van der Waals surface area contributed by atoms with Gasteiger partial charge in [0, 0.05) is 10.2 Å². The minimum absolute atomic E-state index is 0.214. The molecule has 116 valence electrons. The fourth-order valence-corrected chi connectivity index (χ4v) is 2.32. The fraction of sp³-hybridized carbons (Fsp3) is 0.235. The van der Waals surface area contributed by atoms with E-state index in [9.17, 15) is 4.79 Å². The Morgan fingerprint density at radius 3 is 2.36 bits per heavy atom. The lowest BCUT2D eigenvalue weighted by molar-refractivity contribution is 0.102. The van der Waals surface area contributed by atoms with Crippen molar-refractivity contribution in [2.75, 3.05) is 18.5 Å². The molecule has 0 aromatic heterocycles. The summed E-state index contributed by atoms with van der Waals surface area (Å²) < 4.78 is 11.7. The predicted molar refractivity (Wildman–Crippen MR) is 90.9 cm³/mol. The molecule has 0 atom stereocenters. The van der Waals surface area contributed by atoms with Crippen LogP contribution in [0.1, 0.15) is 24.2 Å². The molecule has 0 spiro atoms. The summed E-state index contributed by atoms with van der Waals surface area (Å²) in [7, 11) is 0. The first-order valence-corrected chi connectivity index (χ1v) is 7.90. The monoisotopic (exact) mass is 363 g/mol. The molecule has 0 radical (unpaired) electrons. The van der Waals surface area contributed by atoms with E-state index in [-0.39, 0.29) is 5.91 Å². The van der Waals surface area contributed by atoms with Gasteiger partial charge in [-0.25, -0.2) is 0 Å². The lowest BCUT2D eigenvalue weighted by atomic mass is 10.2. The lowest BCUT2D eigenvalue weighted by Gasteiger charge is -2.11. The first kappa shape index (κ1) is 16.4. The maximum atomic E-state index is 12.4. The van der Waals surface area contributed by atoms with Crippen LogP contribution in [0.5, 0.6) is 11.5 Å². The van der Waals surface area contributed by atoms with Crippen molar-refractivity contribution in [2.45, 2.75) is 13.8 Å². The molecule has 0 unspecified atom stereocenters. The van der Waals surface area contributed by atoms with Crippen LogP contribution in [0.4, 0.5) is 5.69 Å². The predicted octanol–water partition coefficient (Wildman–Crippen LogP) is 4.50. The van der Waals surface area contributed by atoms with Crippen LogP contribution >= 0.6 is 15.9 Å². The van der Waals surface area contributed by atoms with Crippen molar-refractivity contribution in [1.82, 2.24) is 0 Å². The van der Waals surface area contributed by atoms with Crippen molar-refractivity contribution in [3.05, 3.63) is 52.5 Å². The number of hydrogen-bond donors (Lipinski definition) is 1. The van der Waals surface area contributed by atoms with Gasteiger partial charge in [-0.05, 0) is 56.3 Å². The second kappa shape index (κ2) is 7.84. The largest absolute Gasteiger partial charge is 0.494 e. The number of nitrogens with one attached hydrogen (secondary N) is 1.